The molecular formula is C4H8N2O6. The van der Waals surface area contributed by atoms with Gasteiger partial charge in [-0.15, -0.1) is 0 Å². The van der Waals surface area contributed by atoms with Crippen LogP contribution in [0.4, 0.5) is 0 Å². The summed E-state index contributed by atoms with van der Waals surface area (Å²) in [7, 11) is 0. The Morgan fingerprint density at radius 3 is 1.67 bits per heavy atom. The average molecular weight is 180 g/mol. The highest BCUT2D eigenvalue weighted by atomic mass is 16.7. The van der Waals surface area contributed by atoms with Crippen molar-refractivity contribution in [1.29, 1.82) is 0 Å². The van der Waals surface area contributed by atoms with Gasteiger partial charge in [0.2, 0.25) is 0 Å². The van der Waals surface area contributed by atoms with E-state index in [1.54, 1.807) is 0 Å². The maximum atomic E-state index is 10.2. The molecule has 0 aromatic heterocycles. The molecule has 0 radical (unpaired) electrons. The van der Waals surface area contributed by atoms with Crippen LogP contribution in [-0.4, -0.2) is 38.9 Å². The highest BCUT2D eigenvalue weighted by Crippen LogP contribution is 2.14. The van der Waals surface area contributed by atoms with Gasteiger partial charge in [-0.25, -0.2) is 0 Å². The van der Waals surface area contributed by atoms with E-state index in [0.717, 1.165) is 0 Å². The van der Waals surface area contributed by atoms with Gasteiger partial charge in [-0.05, 0) is 0 Å². The molecule has 0 aromatic rings. The summed E-state index contributed by atoms with van der Waals surface area (Å²) in [4.78, 5) is 17.9. The standard InChI is InChI=1S/C4H8N2O6/c7-2-1-4(3-8,5(9)10)6(11)12/h7-8H,1-3H2. The van der Waals surface area contributed by atoms with Crippen LogP contribution in [0.3, 0.4) is 0 Å². The zero-order chi connectivity index (χ0) is 9.78. The summed E-state index contributed by atoms with van der Waals surface area (Å²) in [6.45, 7) is -1.95. The van der Waals surface area contributed by atoms with E-state index in [0.29, 0.717) is 0 Å². The van der Waals surface area contributed by atoms with Crippen molar-refractivity contribution in [2.24, 2.45) is 0 Å². The molecule has 8 heteroatoms. The topological polar surface area (TPSA) is 127 Å². The average Bonchev–Trinajstić information content (AvgIpc) is 1.98. The van der Waals surface area contributed by atoms with Gasteiger partial charge in [-0.3, -0.25) is 20.2 Å². The third kappa shape index (κ3) is 1.66. The maximum Gasteiger partial charge on any atom is 0.482 e. The normalized spacial score (nSPS) is 11.2. The largest absolute Gasteiger partial charge is 0.482 e. The zero-order valence-electron chi connectivity index (χ0n) is 6.04. The molecule has 0 aromatic carbocycles. The summed E-state index contributed by atoms with van der Waals surface area (Å²) in [5.41, 5.74) is -2.66. The van der Waals surface area contributed by atoms with Crippen LogP contribution in [0.5, 0.6) is 0 Å². The number of nitrogens with zero attached hydrogens (tertiary/aromatic N) is 2. The first-order valence-electron chi connectivity index (χ1n) is 3.02. The second-order valence-corrected chi connectivity index (χ2v) is 2.13. The van der Waals surface area contributed by atoms with Crippen LogP contribution in [0.25, 0.3) is 0 Å². The highest BCUT2D eigenvalue weighted by Gasteiger charge is 2.54. The molecule has 0 fully saturated rings. The second kappa shape index (κ2) is 3.93. The Bertz CT molecular complexity index is 178. The quantitative estimate of drug-likeness (QED) is 0.304. The third-order valence-corrected chi connectivity index (χ3v) is 1.45. The Balaban J connectivity index is 4.76. The smallest absolute Gasteiger partial charge is 0.396 e. The molecule has 0 bridgehead atoms. The van der Waals surface area contributed by atoms with Crippen molar-refractivity contribution < 1.29 is 20.1 Å². The minimum atomic E-state index is -2.66. The Hall–Kier alpha value is -1.28. The van der Waals surface area contributed by atoms with Crippen LogP contribution in [-0.2, 0) is 0 Å². The molecule has 0 atom stereocenters. The summed E-state index contributed by atoms with van der Waals surface area (Å²) in [5, 5.41) is 37.1. The van der Waals surface area contributed by atoms with Gasteiger partial charge in [-0.1, -0.05) is 0 Å². The van der Waals surface area contributed by atoms with E-state index in [1.807, 2.05) is 0 Å². The Kier molecular flexibility index (Phi) is 3.51. The van der Waals surface area contributed by atoms with Crippen molar-refractivity contribution >= 4 is 0 Å². The maximum absolute atomic E-state index is 10.2. The van der Waals surface area contributed by atoms with Crippen molar-refractivity contribution in [3.05, 3.63) is 20.2 Å². The van der Waals surface area contributed by atoms with Crippen LogP contribution in [0.1, 0.15) is 6.42 Å². The molecule has 0 aliphatic rings. The van der Waals surface area contributed by atoms with Gasteiger partial charge in [0.25, 0.3) is 0 Å². The molecule has 12 heavy (non-hydrogen) atoms. The summed E-state index contributed by atoms with van der Waals surface area (Å²) >= 11 is 0. The Labute approximate surface area is 66.7 Å². The monoisotopic (exact) mass is 180 g/mol. The number of nitro groups is 2. The van der Waals surface area contributed by atoms with E-state index in [-0.39, 0.29) is 0 Å². The van der Waals surface area contributed by atoms with Gasteiger partial charge >= 0.3 is 5.66 Å². The molecule has 0 rings (SSSR count). The van der Waals surface area contributed by atoms with Crippen LogP contribution in [0.2, 0.25) is 0 Å². The molecule has 0 saturated carbocycles. The van der Waals surface area contributed by atoms with E-state index in [9.17, 15) is 20.2 Å². The lowest BCUT2D eigenvalue weighted by Gasteiger charge is -2.12. The van der Waals surface area contributed by atoms with Gasteiger partial charge < -0.3 is 10.2 Å². The minimum absolute atomic E-state index is 0.705. The number of rotatable bonds is 5. The third-order valence-electron chi connectivity index (χ3n) is 1.45. The van der Waals surface area contributed by atoms with E-state index >= 15 is 0 Å². The highest BCUT2D eigenvalue weighted by molar-refractivity contribution is 4.64. The van der Waals surface area contributed by atoms with Crippen molar-refractivity contribution in [1.82, 2.24) is 0 Å². The van der Waals surface area contributed by atoms with E-state index in [2.05, 4.69) is 0 Å². The lowest BCUT2D eigenvalue weighted by Crippen LogP contribution is -2.50. The summed E-state index contributed by atoms with van der Waals surface area (Å²) in [5.74, 6) is 0. The fraction of sp³-hybridized carbons (Fsp3) is 1.00. The lowest BCUT2D eigenvalue weighted by atomic mass is 10.1. The van der Waals surface area contributed by atoms with Gasteiger partial charge in [0.1, 0.15) is 16.3 Å². The van der Waals surface area contributed by atoms with Crippen LogP contribution < -0.4 is 0 Å². The first-order chi connectivity index (χ1) is 5.51. The van der Waals surface area contributed by atoms with Crippen LogP contribution >= 0.6 is 0 Å². The Morgan fingerprint density at radius 2 is 1.58 bits per heavy atom. The molecule has 0 aliphatic heterocycles. The molecule has 8 nitrogen and oxygen atoms in total. The molecule has 0 heterocycles. The van der Waals surface area contributed by atoms with Crippen molar-refractivity contribution in [3.8, 4) is 0 Å². The van der Waals surface area contributed by atoms with Gasteiger partial charge in [-0.2, -0.15) is 0 Å². The first-order valence-corrected chi connectivity index (χ1v) is 3.02. The number of aliphatic hydroxyl groups is 2. The minimum Gasteiger partial charge on any atom is -0.396 e. The summed E-state index contributed by atoms with van der Waals surface area (Å²) in [6.07, 6.45) is -0.705. The molecule has 0 aliphatic carbocycles. The SMILES string of the molecule is O=[N+]([O-])C(CO)(CCO)[N+](=O)[O-]. The van der Waals surface area contributed by atoms with Gasteiger partial charge in [0.15, 0.2) is 6.61 Å². The van der Waals surface area contributed by atoms with Crippen LogP contribution in [0, 0.1) is 20.2 Å². The van der Waals surface area contributed by atoms with E-state index in [1.165, 1.54) is 0 Å². The lowest BCUT2D eigenvalue weighted by molar-refractivity contribution is -0.799. The number of aliphatic hydroxyl groups excluding tert-OH is 2. The fourth-order valence-corrected chi connectivity index (χ4v) is 0.623. The van der Waals surface area contributed by atoms with E-state index in [4.69, 9.17) is 10.2 Å². The van der Waals surface area contributed by atoms with Crippen molar-refractivity contribution in [3.63, 3.8) is 0 Å². The predicted molar refractivity (Wildman–Crippen MR) is 35.5 cm³/mol. The van der Waals surface area contributed by atoms with Gasteiger partial charge in [0, 0.05) is 0 Å². The van der Waals surface area contributed by atoms with Crippen molar-refractivity contribution in [2.45, 2.75) is 12.1 Å². The fourth-order valence-electron chi connectivity index (χ4n) is 0.623. The predicted octanol–water partition coefficient (Wildman–Crippen LogP) is -1.39. The number of hydrogen-bond acceptors (Lipinski definition) is 6. The van der Waals surface area contributed by atoms with Crippen molar-refractivity contribution in [2.75, 3.05) is 13.2 Å². The summed E-state index contributed by atoms with van der Waals surface area (Å²) in [6, 6.07) is 0. The summed E-state index contributed by atoms with van der Waals surface area (Å²) < 4.78 is 0. The molecule has 0 unspecified atom stereocenters. The molecule has 2 N–H and O–H groups in total. The van der Waals surface area contributed by atoms with Crippen LogP contribution in [0.15, 0.2) is 0 Å². The molecule has 0 saturated heterocycles. The molecular weight excluding hydrogens is 172 g/mol. The molecule has 0 amide bonds. The number of hydrogen-bond donors (Lipinski definition) is 2. The first kappa shape index (κ1) is 10.7. The molecule has 0 spiro atoms. The van der Waals surface area contributed by atoms with Gasteiger partial charge in [0.05, 0.1) is 6.61 Å². The Morgan fingerprint density at radius 1 is 1.17 bits per heavy atom. The molecule has 70 valence electrons. The zero-order valence-corrected chi connectivity index (χ0v) is 6.04. The van der Waals surface area contributed by atoms with E-state index < -0.39 is 35.1 Å². The second-order valence-electron chi connectivity index (χ2n) is 2.13.